The minimum absolute atomic E-state index is 0.192. The molecule has 3 aromatic carbocycles. The second-order valence-corrected chi connectivity index (χ2v) is 7.84. The third-order valence-corrected chi connectivity index (χ3v) is 5.64. The first-order valence-corrected chi connectivity index (χ1v) is 10.6. The molecule has 0 radical (unpaired) electrons. The van der Waals surface area contributed by atoms with E-state index in [9.17, 15) is 18.0 Å². The van der Waals surface area contributed by atoms with Crippen molar-refractivity contribution in [3.8, 4) is 0 Å². The molecule has 0 spiro atoms. The highest BCUT2D eigenvalue weighted by molar-refractivity contribution is 6.31. The number of amides is 1. The Morgan fingerprint density at radius 2 is 1.56 bits per heavy atom. The molecule has 32 heavy (non-hydrogen) atoms. The normalized spacial score (nSPS) is 13.4. The Labute approximate surface area is 190 Å². The molecule has 0 fully saturated rings. The lowest BCUT2D eigenvalue weighted by Crippen LogP contribution is -2.38. The zero-order chi connectivity index (χ0) is 23.1. The Kier molecular flexibility index (Phi) is 7.94. The molecule has 2 N–H and O–H groups in total. The Morgan fingerprint density at radius 1 is 0.938 bits per heavy atom. The number of hydrogen-bond acceptors (Lipinski definition) is 2. The van der Waals surface area contributed by atoms with Gasteiger partial charge in [-0.15, -0.1) is 0 Å². The van der Waals surface area contributed by atoms with Crippen LogP contribution in [0.4, 0.5) is 13.2 Å². The van der Waals surface area contributed by atoms with Crippen molar-refractivity contribution in [3.05, 3.63) is 106 Å². The highest BCUT2D eigenvalue weighted by atomic mass is 35.5. The van der Waals surface area contributed by atoms with Crippen molar-refractivity contribution in [2.45, 2.75) is 31.1 Å². The number of benzene rings is 3. The van der Waals surface area contributed by atoms with Gasteiger partial charge in [-0.25, -0.2) is 0 Å². The lowest BCUT2D eigenvalue weighted by atomic mass is 9.96. The fraction of sp³-hybridized carbons (Fsp3) is 0.240. The third kappa shape index (κ3) is 6.11. The van der Waals surface area contributed by atoms with Gasteiger partial charge in [0.1, 0.15) is 6.04 Å². The summed E-state index contributed by atoms with van der Waals surface area (Å²) >= 11 is 6.45. The number of rotatable bonds is 8. The van der Waals surface area contributed by atoms with Gasteiger partial charge in [-0.3, -0.25) is 10.1 Å². The maximum absolute atomic E-state index is 12.9. The molecule has 0 saturated heterocycles. The van der Waals surface area contributed by atoms with Crippen LogP contribution in [0.5, 0.6) is 0 Å². The molecule has 0 aliphatic heterocycles. The van der Waals surface area contributed by atoms with Crippen molar-refractivity contribution >= 4 is 17.5 Å². The van der Waals surface area contributed by atoms with E-state index in [1.807, 2.05) is 48.5 Å². The summed E-state index contributed by atoms with van der Waals surface area (Å²) in [5.74, 6) is -0.192. The van der Waals surface area contributed by atoms with E-state index in [1.165, 1.54) is 12.1 Å². The zero-order valence-corrected chi connectivity index (χ0v) is 18.3. The van der Waals surface area contributed by atoms with Crippen molar-refractivity contribution in [2.75, 3.05) is 7.05 Å². The average Bonchev–Trinajstić information content (AvgIpc) is 2.79. The average molecular weight is 461 g/mol. The first-order chi connectivity index (χ1) is 15.3. The van der Waals surface area contributed by atoms with Gasteiger partial charge in [0.2, 0.25) is 5.91 Å². The van der Waals surface area contributed by atoms with Crippen molar-refractivity contribution in [1.29, 1.82) is 0 Å². The number of hydrogen-bond donors (Lipinski definition) is 2. The van der Waals surface area contributed by atoms with E-state index in [2.05, 4.69) is 10.6 Å². The molecule has 1 unspecified atom stereocenters. The molecule has 3 aromatic rings. The molecule has 0 bridgehead atoms. The van der Waals surface area contributed by atoms with Crippen LogP contribution in [-0.4, -0.2) is 13.0 Å². The molecule has 7 heteroatoms. The third-order valence-electron chi connectivity index (χ3n) is 5.29. The Bertz CT molecular complexity index is 1020. The van der Waals surface area contributed by atoms with Crippen LogP contribution in [0.15, 0.2) is 78.9 Å². The molecule has 3 nitrogen and oxygen atoms in total. The van der Waals surface area contributed by atoms with Gasteiger partial charge in [-0.2, -0.15) is 13.2 Å². The number of carbonyl (C=O) groups excluding carboxylic acids is 1. The van der Waals surface area contributed by atoms with E-state index in [0.29, 0.717) is 17.9 Å². The minimum atomic E-state index is -4.36. The van der Waals surface area contributed by atoms with Crippen LogP contribution in [-0.2, 0) is 17.4 Å². The number of halogens is 4. The fourth-order valence-electron chi connectivity index (χ4n) is 3.57. The summed E-state index contributed by atoms with van der Waals surface area (Å²) in [6.45, 7) is 0. The second-order valence-electron chi connectivity index (χ2n) is 7.43. The van der Waals surface area contributed by atoms with Crippen LogP contribution < -0.4 is 10.6 Å². The molecule has 1 amide bonds. The summed E-state index contributed by atoms with van der Waals surface area (Å²) in [5.41, 5.74) is 1.73. The van der Waals surface area contributed by atoms with Crippen molar-refractivity contribution in [2.24, 2.45) is 0 Å². The number of aryl methyl sites for hydroxylation is 1. The molecule has 168 valence electrons. The first kappa shape index (κ1) is 23.8. The highest BCUT2D eigenvalue weighted by Gasteiger charge is 2.30. The van der Waals surface area contributed by atoms with Crippen LogP contribution in [0, 0.1) is 0 Å². The monoisotopic (exact) mass is 460 g/mol. The summed E-state index contributed by atoms with van der Waals surface area (Å²) in [6.07, 6.45) is -3.32. The molecule has 0 aromatic heterocycles. The van der Waals surface area contributed by atoms with Crippen LogP contribution in [0.2, 0.25) is 5.02 Å². The zero-order valence-electron chi connectivity index (χ0n) is 17.5. The van der Waals surface area contributed by atoms with E-state index in [1.54, 1.807) is 13.1 Å². The Balaban J connectivity index is 1.85. The van der Waals surface area contributed by atoms with Gasteiger partial charge in [-0.1, -0.05) is 72.3 Å². The maximum atomic E-state index is 12.9. The van der Waals surface area contributed by atoms with Crippen LogP contribution in [0.3, 0.4) is 0 Å². The number of alkyl halides is 3. The summed E-state index contributed by atoms with van der Waals surface area (Å²) in [6, 6.07) is 20.9. The molecule has 0 saturated carbocycles. The molecule has 0 heterocycles. The van der Waals surface area contributed by atoms with Crippen molar-refractivity contribution in [3.63, 3.8) is 0 Å². The number of carbonyl (C=O) groups is 1. The van der Waals surface area contributed by atoms with Gasteiger partial charge in [-0.05, 0) is 47.7 Å². The molecule has 0 aliphatic carbocycles. The van der Waals surface area contributed by atoms with Crippen LogP contribution >= 0.6 is 11.6 Å². The molecular formula is C25H24ClF3N2O. The largest absolute Gasteiger partial charge is 0.416 e. The summed E-state index contributed by atoms with van der Waals surface area (Å²) in [4.78, 5) is 12.7. The molecule has 2 atom stereocenters. The molecule has 0 aliphatic rings. The van der Waals surface area contributed by atoms with Gasteiger partial charge in [0.05, 0.1) is 5.56 Å². The van der Waals surface area contributed by atoms with Crippen molar-refractivity contribution < 1.29 is 18.0 Å². The van der Waals surface area contributed by atoms with Gasteiger partial charge in [0.25, 0.3) is 0 Å². The van der Waals surface area contributed by atoms with E-state index in [0.717, 1.165) is 28.8 Å². The highest BCUT2D eigenvalue weighted by Crippen LogP contribution is 2.31. The van der Waals surface area contributed by atoms with Crippen LogP contribution in [0.25, 0.3) is 0 Å². The van der Waals surface area contributed by atoms with Gasteiger partial charge in [0.15, 0.2) is 0 Å². The standard InChI is InChI=1S/C25H24ClF3N2O/c1-30-24(32)23(18-7-3-2-4-8-18)31-22(20-9-5-6-10-21(20)26)16-13-17-11-14-19(15-12-17)25(27,28)29/h2-12,14-15,22-23,31H,13,16H2,1H3,(H,30,32)/t22-,23?/m1/s1. The topological polar surface area (TPSA) is 41.1 Å². The SMILES string of the molecule is CNC(=O)C(N[C@H](CCc1ccc(C(F)(F)F)cc1)c1ccccc1Cl)c1ccccc1. The number of nitrogens with one attached hydrogen (secondary N) is 2. The Morgan fingerprint density at radius 3 is 2.16 bits per heavy atom. The number of likely N-dealkylation sites (N-methyl/N-ethyl adjacent to an activating group) is 1. The smallest absolute Gasteiger partial charge is 0.358 e. The molecule has 3 rings (SSSR count). The molecular weight excluding hydrogens is 437 g/mol. The summed E-state index contributed by atoms with van der Waals surface area (Å²) in [5, 5.41) is 6.65. The quantitative estimate of drug-likeness (QED) is 0.426. The lowest BCUT2D eigenvalue weighted by Gasteiger charge is -2.26. The minimum Gasteiger partial charge on any atom is -0.358 e. The predicted octanol–water partition coefficient (Wildman–Crippen LogP) is 6.11. The van der Waals surface area contributed by atoms with E-state index < -0.39 is 17.8 Å². The van der Waals surface area contributed by atoms with E-state index >= 15 is 0 Å². The maximum Gasteiger partial charge on any atom is 0.416 e. The summed E-state index contributed by atoms with van der Waals surface area (Å²) in [7, 11) is 1.58. The second kappa shape index (κ2) is 10.7. The first-order valence-electron chi connectivity index (χ1n) is 10.2. The van der Waals surface area contributed by atoms with Gasteiger partial charge in [0, 0.05) is 18.1 Å². The van der Waals surface area contributed by atoms with E-state index in [4.69, 9.17) is 11.6 Å². The fourth-order valence-corrected chi connectivity index (χ4v) is 3.84. The van der Waals surface area contributed by atoms with Gasteiger partial charge >= 0.3 is 6.18 Å². The van der Waals surface area contributed by atoms with Crippen molar-refractivity contribution in [1.82, 2.24) is 10.6 Å². The lowest BCUT2D eigenvalue weighted by molar-refractivity contribution is -0.137. The van der Waals surface area contributed by atoms with Gasteiger partial charge < -0.3 is 5.32 Å². The summed E-state index contributed by atoms with van der Waals surface area (Å²) < 4.78 is 38.6. The van der Waals surface area contributed by atoms with E-state index in [-0.39, 0.29) is 11.9 Å². The Hall–Kier alpha value is -2.83. The van der Waals surface area contributed by atoms with Crippen LogP contribution in [0.1, 0.15) is 40.8 Å². The predicted molar refractivity (Wildman–Crippen MR) is 120 cm³/mol.